The highest BCUT2D eigenvalue weighted by atomic mass is 32.1. The van der Waals surface area contributed by atoms with Crippen molar-refractivity contribution >= 4 is 34.4 Å². The third-order valence-corrected chi connectivity index (χ3v) is 4.71. The van der Waals surface area contributed by atoms with Crippen molar-refractivity contribution in [2.24, 2.45) is 5.10 Å². The molecule has 1 amide bonds. The molecule has 0 saturated carbocycles. The van der Waals surface area contributed by atoms with Gasteiger partial charge in [-0.2, -0.15) is 5.10 Å². The zero-order valence-electron chi connectivity index (χ0n) is 14.5. The lowest BCUT2D eigenvalue weighted by molar-refractivity contribution is 0.0956. The van der Waals surface area contributed by atoms with Crippen LogP contribution < -0.4 is 5.43 Å². The molecule has 0 bridgehead atoms. The van der Waals surface area contributed by atoms with E-state index in [1.165, 1.54) is 17.6 Å². The Bertz CT molecular complexity index is 1140. The van der Waals surface area contributed by atoms with Gasteiger partial charge in [-0.3, -0.25) is 9.78 Å². The van der Waals surface area contributed by atoms with Crippen LogP contribution in [0.15, 0.2) is 65.3 Å². The molecule has 0 fully saturated rings. The number of nitrogens with zero attached hydrogens (tertiary/aromatic N) is 4. The minimum Gasteiger partial charge on any atom is -0.267 e. The van der Waals surface area contributed by atoms with E-state index in [-0.39, 0.29) is 5.91 Å². The van der Waals surface area contributed by atoms with E-state index in [4.69, 9.17) is 0 Å². The predicted molar refractivity (Wildman–Crippen MR) is 107 cm³/mol. The third-order valence-electron chi connectivity index (χ3n) is 3.92. The number of carbonyl (C=O) groups is 1. The molecule has 4 rings (SSSR count). The number of pyridine rings is 2. The Balaban J connectivity index is 1.69. The van der Waals surface area contributed by atoms with Gasteiger partial charge in [0.1, 0.15) is 0 Å². The second-order valence-corrected chi connectivity index (χ2v) is 6.87. The highest BCUT2D eigenvalue weighted by Crippen LogP contribution is 2.24. The van der Waals surface area contributed by atoms with E-state index in [9.17, 15) is 4.79 Å². The van der Waals surface area contributed by atoms with E-state index in [0.29, 0.717) is 17.0 Å². The maximum Gasteiger partial charge on any atom is 0.272 e. The van der Waals surface area contributed by atoms with E-state index in [0.717, 1.165) is 21.5 Å². The topological polar surface area (TPSA) is 80.1 Å². The Morgan fingerprint density at radius 1 is 1.19 bits per heavy atom. The summed E-state index contributed by atoms with van der Waals surface area (Å²) in [5.74, 6) is -0.304. The van der Waals surface area contributed by atoms with E-state index < -0.39 is 0 Å². The third kappa shape index (κ3) is 3.73. The summed E-state index contributed by atoms with van der Waals surface area (Å²) in [5, 5.41) is 7.62. The molecule has 132 valence electrons. The number of hydrogen-bond donors (Lipinski definition) is 1. The Labute approximate surface area is 159 Å². The molecule has 0 spiro atoms. The van der Waals surface area contributed by atoms with Crippen LogP contribution >= 0.6 is 11.3 Å². The van der Waals surface area contributed by atoms with E-state index in [2.05, 4.69) is 25.5 Å². The van der Waals surface area contributed by atoms with E-state index >= 15 is 0 Å². The lowest BCUT2D eigenvalue weighted by Gasteiger charge is -2.08. The van der Waals surface area contributed by atoms with Gasteiger partial charge in [0.2, 0.25) is 0 Å². The minimum atomic E-state index is -0.304. The quantitative estimate of drug-likeness (QED) is 0.435. The number of fused-ring (bicyclic) bond motifs is 1. The average Bonchev–Trinajstić information content (AvgIpc) is 3.12. The molecule has 0 saturated heterocycles. The van der Waals surface area contributed by atoms with E-state index in [1.807, 2.05) is 48.7 Å². The number of benzene rings is 1. The van der Waals surface area contributed by atoms with Crippen molar-refractivity contribution in [1.29, 1.82) is 0 Å². The number of carbonyl (C=O) groups excluding carboxylic acids is 1. The first-order valence-corrected chi connectivity index (χ1v) is 9.14. The van der Waals surface area contributed by atoms with Gasteiger partial charge >= 0.3 is 0 Å². The molecule has 0 atom stereocenters. The molecule has 0 aliphatic heterocycles. The van der Waals surface area contributed by atoms with Gasteiger partial charge < -0.3 is 0 Å². The zero-order valence-corrected chi connectivity index (χ0v) is 15.3. The Morgan fingerprint density at radius 3 is 2.85 bits per heavy atom. The largest absolute Gasteiger partial charge is 0.272 e. The molecule has 1 N–H and O–H groups in total. The van der Waals surface area contributed by atoms with Crippen LogP contribution in [-0.2, 0) is 0 Å². The van der Waals surface area contributed by atoms with Gasteiger partial charge in [0.05, 0.1) is 33.7 Å². The highest BCUT2D eigenvalue weighted by molar-refractivity contribution is 7.09. The van der Waals surface area contributed by atoms with Crippen LogP contribution in [-0.4, -0.2) is 27.1 Å². The second kappa shape index (κ2) is 7.43. The van der Waals surface area contributed by atoms with Gasteiger partial charge in [-0.1, -0.05) is 18.2 Å². The summed E-state index contributed by atoms with van der Waals surface area (Å²) in [5.41, 5.74) is 6.07. The Kier molecular flexibility index (Phi) is 4.67. The van der Waals surface area contributed by atoms with Crippen LogP contribution in [0.3, 0.4) is 0 Å². The van der Waals surface area contributed by atoms with Crippen molar-refractivity contribution in [3.8, 4) is 11.3 Å². The monoisotopic (exact) mass is 373 g/mol. The van der Waals surface area contributed by atoms with Gasteiger partial charge in [0, 0.05) is 28.7 Å². The maximum absolute atomic E-state index is 12.8. The molecule has 0 unspecified atom stereocenters. The number of hydrazone groups is 1. The van der Waals surface area contributed by atoms with Crippen molar-refractivity contribution in [2.75, 3.05) is 0 Å². The fraction of sp³-hybridized carbons (Fsp3) is 0.0500. The van der Waals surface area contributed by atoms with Crippen LogP contribution in [0.25, 0.3) is 22.2 Å². The predicted octanol–water partition coefficient (Wildman–Crippen LogP) is 3.83. The van der Waals surface area contributed by atoms with Crippen molar-refractivity contribution < 1.29 is 4.79 Å². The molecule has 0 aliphatic rings. The highest BCUT2D eigenvalue weighted by Gasteiger charge is 2.13. The number of aromatic nitrogens is 3. The lowest BCUT2D eigenvalue weighted by atomic mass is 10.0. The number of hydrogen-bond acceptors (Lipinski definition) is 6. The fourth-order valence-corrected chi connectivity index (χ4v) is 3.25. The number of thiazole rings is 1. The minimum absolute atomic E-state index is 0.304. The fourth-order valence-electron chi connectivity index (χ4n) is 2.68. The smallest absolute Gasteiger partial charge is 0.267 e. The summed E-state index contributed by atoms with van der Waals surface area (Å²) in [7, 11) is 0. The molecular weight excluding hydrogens is 358 g/mol. The summed E-state index contributed by atoms with van der Waals surface area (Å²) < 4.78 is 0. The van der Waals surface area contributed by atoms with Crippen molar-refractivity contribution in [3.63, 3.8) is 0 Å². The van der Waals surface area contributed by atoms with Crippen LogP contribution in [0.5, 0.6) is 0 Å². The second-order valence-electron chi connectivity index (χ2n) is 5.80. The molecule has 3 aromatic heterocycles. The number of para-hydroxylation sites is 1. The first-order valence-electron chi connectivity index (χ1n) is 8.26. The maximum atomic E-state index is 12.8. The molecule has 27 heavy (non-hydrogen) atoms. The average molecular weight is 373 g/mol. The van der Waals surface area contributed by atoms with E-state index in [1.54, 1.807) is 18.5 Å². The number of amides is 1. The molecule has 1 aromatic carbocycles. The lowest BCUT2D eigenvalue weighted by Crippen LogP contribution is -2.18. The summed E-state index contributed by atoms with van der Waals surface area (Å²) >= 11 is 1.53. The van der Waals surface area contributed by atoms with Gasteiger partial charge in [0.25, 0.3) is 5.91 Å². The summed E-state index contributed by atoms with van der Waals surface area (Å²) in [6.07, 6.45) is 4.96. The molecule has 0 radical (unpaired) electrons. The SMILES string of the molecule is Cc1nc(/C=N\NC(=O)c2cc(-c3cccnc3)nc3ccccc23)cs1. The van der Waals surface area contributed by atoms with Gasteiger partial charge in [-0.15, -0.1) is 11.3 Å². The van der Waals surface area contributed by atoms with Crippen molar-refractivity contribution in [2.45, 2.75) is 6.92 Å². The first kappa shape index (κ1) is 17.0. The molecule has 0 aliphatic carbocycles. The number of rotatable bonds is 4. The van der Waals surface area contributed by atoms with Crippen LogP contribution in [0.2, 0.25) is 0 Å². The summed E-state index contributed by atoms with van der Waals surface area (Å²) in [4.78, 5) is 25.8. The van der Waals surface area contributed by atoms with Crippen LogP contribution in [0.1, 0.15) is 21.1 Å². The van der Waals surface area contributed by atoms with Crippen molar-refractivity contribution in [1.82, 2.24) is 20.4 Å². The van der Waals surface area contributed by atoms with Crippen LogP contribution in [0, 0.1) is 6.92 Å². The van der Waals surface area contributed by atoms with Gasteiger partial charge in [-0.25, -0.2) is 15.4 Å². The zero-order chi connectivity index (χ0) is 18.6. The molecule has 4 aromatic rings. The summed E-state index contributed by atoms with van der Waals surface area (Å²) in [6, 6.07) is 13.0. The first-order chi connectivity index (χ1) is 13.2. The molecule has 3 heterocycles. The van der Waals surface area contributed by atoms with Crippen LogP contribution in [0.4, 0.5) is 0 Å². The number of nitrogens with one attached hydrogen (secondary N) is 1. The molecule has 7 heteroatoms. The Morgan fingerprint density at radius 2 is 2.07 bits per heavy atom. The Hall–Kier alpha value is -3.45. The molecule has 6 nitrogen and oxygen atoms in total. The summed E-state index contributed by atoms with van der Waals surface area (Å²) in [6.45, 7) is 1.92. The normalized spacial score (nSPS) is 11.1. The molecular formula is C20H15N5OS. The standard InChI is InChI=1S/C20H15N5OS/c1-13-23-15(12-27-13)11-22-25-20(26)17-9-19(14-5-4-8-21-10-14)24-18-7-3-2-6-16(17)18/h2-12H,1H3,(H,25,26)/b22-11-. The van der Waals surface area contributed by atoms with Gasteiger partial charge in [-0.05, 0) is 31.2 Å². The number of aryl methyl sites for hydroxylation is 1. The van der Waals surface area contributed by atoms with Gasteiger partial charge in [0.15, 0.2) is 0 Å². The van der Waals surface area contributed by atoms with Crippen molar-refractivity contribution in [3.05, 3.63) is 76.5 Å².